The van der Waals surface area contributed by atoms with Crippen molar-refractivity contribution in [2.45, 2.75) is 115 Å². The first-order chi connectivity index (χ1) is 33.6. The molecule has 69 heavy (non-hydrogen) atoms. The van der Waals surface area contributed by atoms with E-state index >= 15 is 0 Å². The van der Waals surface area contributed by atoms with Crippen molar-refractivity contribution >= 4 is 67.4 Å². The molecule has 1 fully saturated rings. The fourth-order valence-corrected chi connectivity index (χ4v) is 9.14. The van der Waals surface area contributed by atoms with Crippen molar-refractivity contribution in [3.05, 3.63) is 208 Å². The van der Waals surface area contributed by atoms with Crippen molar-refractivity contribution in [3.63, 3.8) is 0 Å². The summed E-state index contributed by atoms with van der Waals surface area (Å²) in [6, 6.07) is 45.4. The lowest BCUT2D eigenvalue weighted by atomic mass is 9.89. The molecule has 1 aliphatic rings. The van der Waals surface area contributed by atoms with Crippen LogP contribution >= 0.6 is 0 Å². The molecule has 7 aromatic carbocycles. The first kappa shape index (κ1) is 53.2. The third-order valence-corrected chi connectivity index (χ3v) is 13.1. The summed E-state index contributed by atoms with van der Waals surface area (Å²) < 4.78 is 0. The van der Waals surface area contributed by atoms with Gasteiger partial charge in [0.25, 0.3) is 0 Å². The van der Waals surface area contributed by atoms with Crippen LogP contribution in [0, 0.1) is 18.8 Å². The van der Waals surface area contributed by atoms with E-state index in [1.54, 1.807) is 0 Å². The van der Waals surface area contributed by atoms with Crippen LogP contribution in [0.4, 0.5) is 5.69 Å². The second-order valence-corrected chi connectivity index (χ2v) is 17.4. The number of aliphatic imine (C=N–C) groups is 3. The van der Waals surface area contributed by atoms with Crippen LogP contribution in [-0.2, 0) is 6.54 Å². The largest absolute Gasteiger partial charge is 0.280 e. The van der Waals surface area contributed by atoms with Crippen molar-refractivity contribution in [1.82, 2.24) is 0 Å². The number of hydrogen-bond acceptors (Lipinski definition) is 3. The van der Waals surface area contributed by atoms with E-state index in [0.29, 0.717) is 6.54 Å². The molecule has 0 heterocycles. The number of para-hydroxylation sites is 1. The Balaban J connectivity index is 0.000000806. The van der Waals surface area contributed by atoms with E-state index in [-0.39, 0.29) is 0 Å². The van der Waals surface area contributed by atoms with E-state index in [4.69, 9.17) is 9.98 Å². The van der Waals surface area contributed by atoms with Gasteiger partial charge in [-0.15, -0.1) is 0 Å². The van der Waals surface area contributed by atoms with Gasteiger partial charge in [0.1, 0.15) is 0 Å². The number of nitrogens with zero attached hydrogens (tertiary/aromatic N) is 3. The monoisotopic (exact) mass is 912 g/mol. The minimum atomic E-state index is 0.502. The molecular weight excluding hydrogens is 835 g/mol. The van der Waals surface area contributed by atoms with E-state index in [1.165, 1.54) is 50.7 Å². The van der Waals surface area contributed by atoms with Gasteiger partial charge in [0.05, 0.1) is 23.6 Å². The molecule has 0 aliphatic heterocycles. The minimum Gasteiger partial charge on any atom is -0.280 e. The molecule has 2 unspecified atom stereocenters. The molecule has 0 spiro atoms. The average Bonchev–Trinajstić information content (AvgIpc) is 4.13. The van der Waals surface area contributed by atoms with Gasteiger partial charge in [0, 0.05) is 28.0 Å². The highest BCUT2D eigenvalue weighted by atomic mass is 14.8. The normalized spacial score (nSPS) is 15.5. The summed E-state index contributed by atoms with van der Waals surface area (Å²) in [5.41, 5.74) is 14.5. The fraction of sp³-hybridized carbons (Fsp3) is 0.288. The lowest BCUT2D eigenvalue weighted by Gasteiger charge is -2.18. The Labute approximate surface area is 416 Å². The number of benzene rings is 7. The molecule has 2 atom stereocenters. The van der Waals surface area contributed by atoms with Gasteiger partial charge in [0.2, 0.25) is 0 Å². The van der Waals surface area contributed by atoms with Crippen molar-refractivity contribution in [1.29, 1.82) is 0 Å². The number of rotatable bonds is 15. The van der Waals surface area contributed by atoms with Gasteiger partial charge in [-0.3, -0.25) is 15.0 Å². The van der Waals surface area contributed by atoms with Crippen LogP contribution in [0.3, 0.4) is 0 Å². The average molecular weight is 912 g/mol. The highest BCUT2D eigenvalue weighted by molar-refractivity contribution is 6.26. The predicted molar refractivity (Wildman–Crippen MR) is 309 cm³/mol. The Morgan fingerprint density at radius 2 is 1.28 bits per heavy atom. The molecule has 356 valence electrons. The summed E-state index contributed by atoms with van der Waals surface area (Å²) in [7, 11) is 0. The molecule has 1 saturated carbocycles. The van der Waals surface area contributed by atoms with Gasteiger partial charge < -0.3 is 0 Å². The molecule has 0 N–H and O–H groups in total. The van der Waals surface area contributed by atoms with Crippen molar-refractivity contribution in [2.75, 3.05) is 0 Å². The highest BCUT2D eigenvalue weighted by Crippen LogP contribution is 2.40. The minimum absolute atomic E-state index is 0.502. The van der Waals surface area contributed by atoms with Gasteiger partial charge in [-0.25, -0.2) is 0 Å². The zero-order chi connectivity index (χ0) is 50.0. The molecular formula is C66H77N3. The molecule has 3 heteroatoms. The second-order valence-electron chi connectivity index (χ2n) is 17.4. The van der Waals surface area contributed by atoms with E-state index < -0.39 is 0 Å². The highest BCUT2D eigenvalue weighted by Gasteiger charge is 2.29. The Kier molecular flexibility index (Phi) is 20.2. The molecule has 0 aromatic heterocycles. The maximum atomic E-state index is 5.45. The predicted octanol–water partition coefficient (Wildman–Crippen LogP) is 19.5. The standard InChI is InChI=1S/C56H53N3.C6H12.2C2H6/c1-9-18-40(10-2)33-42(11-3)39(7)59-52-24-16-15-23-51(52)38(6)43-27-25-41(26-28-43)36-58-55(49(12-4)56(57-8)50-22-14-13-19-37(50)5)48-34-46-31-29-44-20-17-21-45-30-32-47(35-48)54(46)53(44)45;1-3-6-4-5(6)2;2*1-2/h9,11,13-35H,6,8,10,12,36H2,1-5,7H3;5-6H,3-4H2,1-2H3;2*1-2H3/b18-9-,40-33+,42-11+,56-49-,58-55?,59-39?;;;. The van der Waals surface area contributed by atoms with Crippen molar-refractivity contribution < 1.29 is 0 Å². The van der Waals surface area contributed by atoms with E-state index in [2.05, 4.69) is 219 Å². The molecule has 3 nitrogen and oxygen atoms in total. The maximum absolute atomic E-state index is 5.45. The van der Waals surface area contributed by atoms with Gasteiger partial charge in [-0.2, -0.15) is 0 Å². The zero-order valence-corrected chi connectivity index (χ0v) is 43.9. The molecule has 0 saturated heterocycles. The fourth-order valence-electron chi connectivity index (χ4n) is 9.14. The van der Waals surface area contributed by atoms with Crippen molar-refractivity contribution in [2.24, 2.45) is 26.8 Å². The van der Waals surface area contributed by atoms with Crippen LogP contribution < -0.4 is 0 Å². The van der Waals surface area contributed by atoms with Gasteiger partial charge in [0.15, 0.2) is 0 Å². The van der Waals surface area contributed by atoms with E-state index in [9.17, 15) is 0 Å². The van der Waals surface area contributed by atoms with Crippen LogP contribution in [0.15, 0.2) is 190 Å². The Morgan fingerprint density at radius 1 is 0.696 bits per heavy atom. The summed E-state index contributed by atoms with van der Waals surface area (Å²) in [5, 5.41) is 7.52. The summed E-state index contributed by atoms with van der Waals surface area (Å²) in [6.45, 7) is 34.4. The summed E-state index contributed by atoms with van der Waals surface area (Å²) >= 11 is 0. The van der Waals surface area contributed by atoms with Gasteiger partial charge in [-0.05, 0) is 149 Å². The number of aryl methyl sites for hydroxylation is 1. The quantitative estimate of drug-likeness (QED) is 0.0558. The zero-order valence-electron chi connectivity index (χ0n) is 43.9. The maximum Gasteiger partial charge on any atom is 0.0750 e. The number of hydrogen-bond donors (Lipinski definition) is 0. The van der Waals surface area contributed by atoms with Crippen LogP contribution in [0.25, 0.3) is 43.6 Å². The first-order valence-corrected chi connectivity index (χ1v) is 25.5. The lowest BCUT2D eigenvalue weighted by Crippen LogP contribution is -2.09. The van der Waals surface area contributed by atoms with E-state index in [0.717, 1.165) is 97.6 Å². The van der Waals surface area contributed by atoms with Crippen LogP contribution in [0.5, 0.6) is 0 Å². The smallest absolute Gasteiger partial charge is 0.0750 e. The lowest BCUT2D eigenvalue weighted by molar-refractivity contribution is 0.724. The van der Waals surface area contributed by atoms with Gasteiger partial charge >= 0.3 is 0 Å². The Bertz CT molecular complexity index is 2950. The van der Waals surface area contributed by atoms with Gasteiger partial charge in [-0.1, -0.05) is 202 Å². The SMILES string of the molecule is C=N/C(=C(/CC)C(=NCc1ccc(C(=C)c2ccccc2N=C(C)C(/C=C(/C=C\C)CC)=C/C)cc1)c1cc2ccc3cccc4ccc(c1)c2c34)c1ccccc1C.CC.CC.CCC1CC1C. The van der Waals surface area contributed by atoms with Crippen LogP contribution in [-0.4, -0.2) is 18.1 Å². The summed E-state index contributed by atoms with van der Waals surface area (Å²) in [4.78, 5) is 15.3. The Hall–Kier alpha value is -6.71. The molecule has 1 aliphatic carbocycles. The van der Waals surface area contributed by atoms with Crippen molar-refractivity contribution in [3.8, 4) is 0 Å². The number of allylic oxidation sites excluding steroid dienone is 7. The third kappa shape index (κ3) is 12.9. The van der Waals surface area contributed by atoms with Crippen LogP contribution in [0.2, 0.25) is 0 Å². The topological polar surface area (TPSA) is 37.1 Å². The molecule has 0 amide bonds. The van der Waals surface area contributed by atoms with Crippen LogP contribution in [0.1, 0.15) is 135 Å². The first-order valence-electron chi connectivity index (χ1n) is 25.5. The molecule has 8 rings (SSSR count). The molecule has 0 radical (unpaired) electrons. The Morgan fingerprint density at radius 3 is 1.80 bits per heavy atom. The summed E-state index contributed by atoms with van der Waals surface area (Å²) in [5.74, 6) is 2.17. The molecule has 7 aromatic rings. The summed E-state index contributed by atoms with van der Waals surface area (Å²) in [6.07, 6.45) is 13.2. The van der Waals surface area contributed by atoms with E-state index in [1.807, 2.05) is 33.8 Å². The third-order valence-electron chi connectivity index (χ3n) is 13.1. The molecule has 0 bridgehead atoms. The second kappa shape index (κ2) is 26.2.